The second-order valence-corrected chi connectivity index (χ2v) is 7.69. The molecule has 1 unspecified atom stereocenters. The van der Waals surface area contributed by atoms with Crippen molar-refractivity contribution in [2.45, 2.75) is 46.1 Å². The van der Waals surface area contributed by atoms with Gasteiger partial charge >= 0.3 is 0 Å². The Morgan fingerprint density at radius 3 is 2.37 bits per heavy atom. The number of aliphatic hydroxyl groups is 1. The van der Waals surface area contributed by atoms with Crippen molar-refractivity contribution in [3.05, 3.63) is 35.1 Å². The van der Waals surface area contributed by atoms with Crippen molar-refractivity contribution in [3.8, 4) is 11.5 Å². The first-order chi connectivity index (χ1) is 14.5. The molecule has 7 nitrogen and oxygen atoms in total. The zero-order chi connectivity index (χ0) is 21.7. The highest BCUT2D eigenvalue weighted by molar-refractivity contribution is 6.08. The van der Waals surface area contributed by atoms with E-state index in [1.807, 2.05) is 26.0 Å². The Morgan fingerprint density at radius 2 is 1.73 bits per heavy atom. The van der Waals surface area contributed by atoms with Gasteiger partial charge < -0.3 is 24.4 Å². The molecule has 0 bridgehead atoms. The third-order valence-electron chi connectivity index (χ3n) is 5.67. The summed E-state index contributed by atoms with van der Waals surface area (Å²) in [5.41, 5.74) is 0.869. The lowest BCUT2D eigenvalue weighted by atomic mass is 9.96. The van der Waals surface area contributed by atoms with Crippen LogP contribution in [0.1, 0.15) is 51.6 Å². The Balaban J connectivity index is 1.92. The van der Waals surface area contributed by atoms with Crippen LogP contribution in [0.25, 0.3) is 0 Å². The first kappa shape index (κ1) is 22.2. The third-order valence-corrected chi connectivity index (χ3v) is 5.67. The fourth-order valence-corrected chi connectivity index (χ4v) is 4.26. The molecule has 0 aliphatic carbocycles. The van der Waals surface area contributed by atoms with Gasteiger partial charge in [-0.25, -0.2) is 0 Å². The molecule has 1 amide bonds. The van der Waals surface area contributed by atoms with E-state index in [-0.39, 0.29) is 11.4 Å². The maximum atomic E-state index is 12.8. The first-order valence-electron chi connectivity index (χ1n) is 10.8. The number of aliphatic hydroxyl groups excluding tert-OH is 1. The molecule has 1 aromatic rings. The Morgan fingerprint density at radius 1 is 1.07 bits per heavy atom. The number of carbonyl (C=O) groups excluding carboxylic acids is 2. The van der Waals surface area contributed by atoms with Gasteiger partial charge in [0, 0.05) is 13.1 Å². The summed E-state index contributed by atoms with van der Waals surface area (Å²) in [4.78, 5) is 29.1. The largest absolute Gasteiger partial charge is 0.503 e. The Bertz CT molecular complexity index is 814. The highest BCUT2D eigenvalue weighted by Crippen LogP contribution is 2.40. The van der Waals surface area contributed by atoms with Gasteiger partial charge in [0.2, 0.25) is 0 Å². The molecule has 0 saturated carbocycles. The van der Waals surface area contributed by atoms with Gasteiger partial charge in [-0.1, -0.05) is 12.5 Å². The lowest BCUT2D eigenvalue weighted by molar-refractivity contribution is -0.129. The second kappa shape index (κ2) is 9.98. The van der Waals surface area contributed by atoms with Crippen LogP contribution in [0.5, 0.6) is 11.5 Å². The maximum absolute atomic E-state index is 12.8. The Hall–Kier alpha value is -2.54. The minimum absolute atomic E-state index is 0.144. The van der Waals surface area contributed by atoms with Crippen LogP contribution in [-0.4, -0.2) is 66.0 Å². The summed E-state index contributed by atoms with van der Waals surface area (Å²) in [6.45, 7) is 9.34. The molecule has 2 heterocycles. The third kappa shape index (κ3) is 4.61. The number of amides is 1. The predicted molar refractivity (Wildman–Crippen MR) is 114 cm³/mol. The first-order valence-corrected chi connectivity index (χ1v) is 10.8. The normalized spacial score (nSPS) is 20.0. The number of hydrogen-bond donors (Lipinski definition) is 1. The van der Waals surface area contributed by atoms with E-state index in [1.165, 1.54) is 13.3 Å². The number of Topliss-reactive ketones (excluding diaryl/α,β-unsaturated/α-hetero) is 1. The van der Waals surface area contributed by atoms with Crippen molar-refractivity contribution in [1.29, 1.82) is 0 Å². The summed E-state index contributed by atoms with van der Waals surface area (Å²) in [7, 11) is 0. The Labute approximate surface area is 178 Å². The van der Waals surface area contributed by atoms with Gasteiger partial charge in [0.05, 0.1) is 24.8 Å². The monoisotopic (exact) mass is 416 g/mol. The molecular weight excluding hydrogens is 384 g/mol. The summed E-state index contributed by atoms with van der Waals surface area (Å²) in [6.07, 6.45) is 3.57. The molecule has 3 rings (SSSR count). The van der Waals surface area contributed by atoms with Crippen LogP contribution in [0.2, 0.25) is 0 Å². The summed E-state index contributed by atoms with van der Waals surface area (Å²) in [6, 6.07) is 4.81. The number of nitrogens with zero attached hydrogens (tertiary/aromatic N) is 2. The standard InChI is InChI=1S/C23H32N2O5/c1-4-29-18-10-9-17(15-19(18)30-5-2)21-20(16(3)26)22(27)23(28)25(21)14-13-24-11-7-6-8-12-24/h9-10,15,21,27H,4-8,11-14H2,1-3H3. The average Bonchev–Trinajstić information content (AvgIpc) is 2.99. The maximum Gasteiger partial charge on any atom is 0.290 e. The fourth-order valence-electron chi connectivity index (χ4n) is 4.26. The zero-order valence-corrected chi connectivity index (χ0v) is 18.1. The van der Waals surface area contributed by atoms with Crippen molar-refractivity contribution in [3.63, 3.8) is 0 Å². The number of likely N-dealkylation sites (tertiary alicyclic amines) is 1. The lowest BCUT2D eigenvalue weighted by Crippen LogP contribution is -2.40. The number of ether oxygens (including phenoxy) is 2. The van der Waals surface area contributed by atoms with E-state index >= 15 is 0 Å². The average molecular weight is 417 g/mol. The number of hydrogen-bond acceptors (Lipinski definition) is 6. The molecule has 1 saturated heterocycles. The van der Waals surface area contributed by atoms with Crippen LogP contribution < -0.4 is 9.47 Å². The summed E-state index contributed by atoms with van der Waals surface area (Å²) in [5.74, 6) is -0.0651. The summed E-state index contributed by atoms with van der Waals surface area (Å²) < 4.78 is 11.4. The van der Waals surface area contributed by atoms with E-state index in [2.05, 4.69) is 4.90 Å². The molecule has 0 spiro atoms. The van der Waals surface area contributed by atoms with Crippen LogP contribution in [-0.2, 0) is 9.59 Å². The second-order valence-electron chi connectivity index (χ2n) is 7.69. The molecule has 1 N–H and O–H groups in total. The summed E-state index contributed by atoms with van der Waals surface area (Å²) >= 11 is 0. The fraction of sp³-hybridized carbons (Fsp3) is 0.565. The SMILES string of the molecule is CCOc1ccc(C2C(C(C)=O)=C(O)C(=O)N2CCN2CCCCC2)cc1OCC. The molecule has 7 heteroatoms. The summed E-state index contributed by atoms with van der Waals surface area (Å²) in [5, 5.41) is 10.5. The van der Waals surface area contributed by atoms with E-state index in [9.17, 15) is 14.7 Å². The molecular formula is C23H32N2O5. The van der Waals surface area contributed by atoms with Gasteiger partial charge in [-0.3, -0.25) is 9.59 Å². The van der Waals surface area contributed by atoms with Crippen molar-refractivity contribution in [2.24, 2.45) is 0 Å². The van der Waals surface area contributed by atoms with Gasteiger partial charge in [0.25, 0.3) is 5.91 Å². The smallest absolute Gasteiger partial charge is 0.290 e. The van der Waals surface area contributed by atoms with Crippen LogP contribution in [0.4, 0.5) is 0 Å². The van der Waals surface area contributed by atoms with Crippen LogP contribution in [0, 0.1) is 0 Å². The van der Waals surface area contributed by atoms with Crippen molar-refractivity contribution >= 4 is 11.7 Å². The molecule has 0 aromatic heterocycles. The van der Waals surface area contributed by atoms with Gasteiger partial charge in [-0.05, 0) is 64.4 Å². The highest BCUT2D eigenvalue weighted by atomic mass is 16.5. The molecule has 1 aromatic carbocycles. The minimum atomic E-state index is -0.630. The van der Waals surface area contributed by atoms with Gasteiger partial charge in [-0.15, -0.1) is 0 Å². The van der Waals surface area contributed by atoms with E-state index in [1.54, 1.807) is 11.0 Å². The van der Waals surface area contributed by atoms with Crippen LogP contribution >= 0.6 is 0 Å². The lowest BCUT2D eigenvalue weighted by Gasteiger charge is -2.31. The minimum Gasteiger partial charge on any atom is -0.503 e. The molecule has 1 fully saturated rings. The Kier molecular flexibility index (Phi) is 7.37. The van der Waals surface area contributed by atoms with E-state index < -0.39 is 17.7 Å². The molecule has 2 aliphatic rings. The quantitative estimate of drug-likeness (QED) is 0.666. The number of rotatable bonds is 9. The molecule has 164 valence electrons. The van der Waals surface area contributed by atoms with Gasteiger partial charge in [0.15, 0.2) is 23.0 Å². The van der Waals surface area contributed by atoms with Gasteiger partial charge in [-0.2, -0.15) is 0 Å². The van der Waals surface area contributed by atoms with Crippen LogP contribution in [0.3, 0.4) is 0 Å². The molecule has 2 aliphatic heterocycles. The topological polar surface area (TPSA) is 79.3 Å². The van der Waals surface area contributed by atoms with Crippen molar-refractivity contribution in [2.75, 3.05) is 39.4 Å². The van der Waals surface area contributed by atoms with E-state index in [0.29, 0.717) is 31.3 Å². The number of benzene rings is 1. The van der Waals surface area contributed by atoms with E-state index in [0.717, 1.165) is 38.0 Å². The van der Waals surface area contributed by atoms with Crippen molar-refractivity contribution in [1.82, 2.24) is 9.80 Å². The van der Waals surface area contributed by atoms with E-state index in [4.69, 9.17) is 9.47 Å². The highest BCUT2D eigenvalue weighted by Gasteiger charge is 2.42. The van der Waals surface area contributed by atoms with Crippen molar-refractivity contribution < 1.29 is 24.2 Å². The van der Waals surface area contributed by atoms with Crippen LogP contribution in [0.15, 0.2) is 29.5 Å². The predicted octanol–water partition coefficient (Wildman–Crippen LogP) is 3.25. The molecule has 0 radical (unpaired) electrons. The number of ketones is 1. The van der Waals surface area contributed by atoms with Gasteiger partial charge in [0.1, 0.15) is 0 Å². The zero-order valence-electron chi connectivity index (χ0n) is 18.1. The molecule has 30 heavy (non-hydrogen) atoms. The number of carbonyl (C=O) groups is 2. The molecule has 1 atom stereocenters. The number of piperidine rings is 1.